The summed E-state index contributed by atoms with van der Waals surface area (Å²) in [5, 5.41) is 3.07. The average molecular weight is 159 g/mol. The SMILES string of the molecule is COC(=O)[C@@H]1CNC[C@H](C)O1. The smallest absolute Gasteiger partial charge is 0.336 e. The van der Waals surface area contributed by atoms with Crippen molar-refractivity contribution in [2.45, 2.75) is 19.1 Å². The lowest BCUT2D eigenvalue weighted by molar-refractivity contribution is -0.159. The molecule has 0 bridgehead atoms. The summed E-state index contributed by atoms with van der Waals surface area (Å²) in [6, 6.07) is 0. The van der Waals surface area contributed by atoms with Crippen molar-refractivity contribution in [3.63, 3.8) is 0 Å². The fourth-order valence-electron chi connectivity index (χ4n) is 1.06. The molecule has 4 nitrogen and oxygen atoms in total. The summed E-state index contributed by atoms with van der Waals surface area (Å²) in [6.45, 7) is 3.27. The molecule has 0 aliphatic carbocycles. The highest BCUT2D eigenvalue weighted by Crippen LogP contribution is 2.03. The maximum Gasteiger partial charge on any atom is 0.336 e. The predicted molar refractivity (Wildman–Crippen MR) is 39.2 cm³/mol. The monoisotopic (exact) mass is 159 g/mol. The molecule has 0 aromatic carbocycles. The number of hydrogen-bond donors (Lipinski definition) is 1. The van der Waals surface area contributed by atoms with Crippen molar-refractivity contribution in [2.24, 2.45) is 0 Å². The highest BCUT2D eigenvalue weighted by molar-refractivity contribution is 5.74. The third-order valence-corrected chi connectivity index (χ3v) is 1.62. The minimum absolute atomic E-state index is 0.0906. The molecule has 0 unspecified atom stereocenters. The number of rotatable bonds is 1. The van der Waals surface area contributed by atoms with Gasteiger partial charge in [-0.2, -0.15) is 0 Å². The predicted octanol–water partition coefficient (Wildman–Crippen LogP) is -0.464. The maximum atomic E-state index is 10.9. The van der Waals surface area contributed by atoms with Crippen molar-refractivity contribution < 1.29 is 14.3 Å². The van der Waals surface area contributed by atoms with Crippen molar-refractivity contribution >= 4 is 5.97 Å². The highest BCUT2D eigenvalue weighted by Gasteiger charge is 2.25. The van der Waals surface area contributed by atoms with E-state index in [0.29, 0.717) is 6.54 Å². The number of methoxy groups -OCH3 is 1. The first-order chi connectivity index (χ1) is 5.24. The van der Waals surface area contributed by atoms with E-state index < -0.39 is 6.10 Å². The lowest BCUT2D eigenvalue weighted by atomic mass is 10.2. The number of carbonyl (C=O) groups excluding carboxylic acids is 1. The topological polar surface area (TPSA) is 47.6 Å². The minimum atomic E-state index is -0.427. The quantitative estimate of drug-likeness (QED) is 0.526. The molecule has 1 N–H and O–H groups in total. The Balaban J connectivity index is 2.39. The standard InChI is InChI=1S/C7H13NO3/c1-5-3-8-4-6(11-5)7(9)10-2/h5-6,8H,3-4H2,1-2H3/t5-,6-/m0/s1. The van der Waals surface area contributed by atoms with Gasteiger partial charge in [-0.1, -0.05) is 0 Å². The summed E-state index contributed by atoms with van der Waals surface area (Å²) in [6.07, 6.45) is -0.336. The van der Waals surface area contributed by atoms with Gasteiger partial charge in [0, 0.05) is 13.1 Å². The van der Waals surface area contributed by atoms with Crippen molar-refractivity contribution in [3.8, 4) is 0 Å². The number of hydrogen-bond acceptors (Lipinski definition) is 4. The van der Waals surface area contributed by atoms with Crippen molar-refractivity contribution in [1.29, 1.82) is 0 Å². The van der Waals surface area contributed by atoms with Gasteiger partial charge in [0.1, 0.15) is 0 Å². The molecule has 0 saturated carbocycles. The number of morpholine rings is 1. The molecule has 0 spiro atoms. The van der Waals surface area contributed by atoms with Gasteiger partial charge in [0.2, 0.25) is 0 Å². The number of nitrogens with one attached hydrogen (secondary N) is 1. The summed E-state index contributed by atoms with van der Waals surface area (Å²) in [5.74, 6) is -0.302. The number of carbonyl (C=O) groups is 1. The second-order valence-electron chi connectivity index (χ2n) is 2.62. The maximum absolute atomic E-state index is 10.9. The van der Waals surface area contributed by atoms with E-state index in [9.17, 15) is 4.79 Å². The Morgan fingerprint density at radius 1 is 1.64 bits per heavy atom. The Morgan fingerprint density at radius 3 is 2.91 bits per heavy atom. The van der Waals surface area contributed by atoms with Gasteiger partial charge in [-0.3, -0.25) is 0 Å². The highest BCUT2D eigenvalue weighted by atomic mass is 16.6. The lowest BCUT2D eigenvalue weighted by Crippen LogP contribution is -2.47. The first kappa shape index (κ1) is 8.49. The van der Waals surface area contributed by atoms with Crippen LogP contribution in [0.5, 0.6) is 0 Å². The summed E-state index contributed by atoms with van der Waals surface area (Å²) < 4.78 is 9.84. The molecule has 64 valence electrons. The third kappa shape index (κ3) is 2.17. The van der Waals surface area contributed by atoms with Crippen molar-refractivity contribution in [3.05, 3.63) is 0 Å². The van der Waals surface area contributed by atoms with Crippen LogP contribution >= 0.6 is 0 Å². The zero-order chi connectivity index (χ0) is 8.27. The molecule has 1 aliphatic heterocycles. The largest absolute Gasteiger partial charge is 0.467 e. The van der Waals surface area contributed by atoms with Crippen LogP contribution in [-0.2, 0) is 14.3 Å². The van der Waals surface area contributed by atoms with E-state index in [1.165, 1.54) is 7.11 Å². The van der Waals surface area contributed by atoms with Gasteiger partial charge in [-0.15, -0.1) is 0 Å². The molecular formula is C7H13NO3. The Hall–Kier alpha value is -0.610. The van der Waals surface area contributed by atoms with Gasteiger partial charge in [0.05, 0.1) is 13.2 Å². The van der Waals surface area contributed by atoms with Crippen LogP contribution in [0.4, 0.5) is 0 Å². The summed E-state index contributed by atoms with van der Waals surface area (Å²) >= 11 is 0. The van der Waals surface area contributed by atoms with Gasteiger partial charge >= 0.3 is 5.97 Å². The fraction of sp³-hybridized carbons (Fsp3) is 0.857. The molecule has 1 saturated heterocycles. The van der Waals surface area contributed by atoms with E-state index in [2.05, 4.69) is 10.1 Å². The molecule has 11 heavy (non-hydrogen) atoms. The summed E-state index contributed by atoms with van der Waals surface area (Å²) in [5.41, 5.74) is 0. The summed E-state index contributed by atoms with van der Waals surface area (Å²) in [4.78, 5) is 10.9. The first-order valence-corrected chi connectivity index (χ1v) is 3.68. The van der Waals surface area contributed by atoms with Gasteiger partial charge in [-0.05, 0) is 6.92 Å². The molecule has 0 radical (unpaired) electrons. The van der Waals surface area contributed by atoms with E-state index in [0.717, 1.165) is 6.54 Å². The van der Waals surface area contributed by atoms with Gasteiger partial charge in [0.15, 0.2) is 6.10 Å². The molecule has 1 aliphatic rings. The zero-order valence-corrected chi connectivity index (χ0v) is 6.79. The second-order valence-corrected chi connectivity index (χ2v) is 2.62. The summed E-state index contributed by atoms with van der Waals surface area (Å²) in [7, 11) is 1.37. The number of esters is 1. The van der Waals surface area contributed by atoms with E-state index in [1.54, 1.807) is 0 Å². The first-order valence-electron chi connectivity index (χ1n) is 3.68. The van der Waals surface area contributed by atoms with Crippen molar-refractivity contribution in [1.82, 2.24) is 5.32 Å². The Kier molecular flexibility index (Phi) is 2.84. The van der Waals surface area contributed by atoms with E-state index in [-0.39, 0.29) is 12.1 Å². The molecule has 1 rings (SSSR count). The molecular weight excluding hydrogens is 146 g/mol. The van der Waals surface area contributed by atoms with Crippen LogP contribution in [0.25, 0.3) is 0 Å². The van der Waals surface area contributed by atoms with Crippen LogP contribution in [0, 0.1) is 0 Å². The molecule has 0 amide bonds. The molecule has 0 aromatic rings. The van der Waals surface area contributed by atoms with Gasteiger partial charge < -0.3 is 14.8 Å². The molecule has 0 aromatic heterocycles. The van der Waals surface area contributed by atoms with E-state index in [4.69, 9.17) is 4.74 Å². The molecule has 4 heteroatoms. The Labute approximate surface area is 65.9 Å². The van der Waals surface area contributed by atoms with Gasteiger partial charge in [0.25, 0.3) is 0 Å². The van der Waals surface area contributed by atoms with Crippen LogP contribution in [0.15, 0.2) is 0 Å². The van der Waals surface area contributed by atoms with Gasteiger partial charge in [-0.25, -0.2) is 4.79 Å². The Bertz CT molecular complexity index is 149. The van der Waals surface area contributed by atoms with Crippen LogP contribution in [0.3, 0.4) is 0 Å². The van der Waals surface area contributed by atoms with Crippen LogP contribution in [-0.4, -0.2) is 38.4 Å². The van der Waals surface area contributed by atoms with Crippen LogP contribution in [0.1, 0.15) is 6.92 Å². The average Bonchev–Trinajstić information content (AvgIpc) is 2.03. The molecule has 2 atom stereocenters. The minimum Gasteiger partial charge on any atom is -0.467 e. The second kappa shape index (κ2) is 3.69. The zero-order valence-electron chi connectivity index (χ0n) is 6.79. The van der Waals surface area contributed by atoms with E-state index in [1.807, 2.05) is 6.92 Å². The fourth-order valence-corrected chi connectivity index (χ4v) is 1.06. The van der Waals surface area contributed by atoms with E-state index >= 15 is 0 Å². The lowest BCUT2D eigenvalue weighted by Gasteiger charge is -2.26. The van der Waals surface area contributed by atoms with Crippen LogP contribution < -0.4 is 5.32 Å². The third-order valence-electron chi connectivity index (χ3n) is 1.62. The number of ether oxygens (including phenoxy) is 2. The van der Waals surface area contributed by atoms with Crippen molar-refractivity contribution in [2.75, 3.05) is 20.2 Å². The molecule has 1 fully saturated rings. The van der Waals surface area contributed by atoms with Crippen LogP contribution in [0.2, 0.25) is 0 Å². The Morgan fingerprint density at radius 2 is 2.36 bits per heavy atom. The normalized spacial score (nSPS) is 31.5. The molecule has 1 heterocycles.